The van der Waals surface area contributed by atoms with Crippen LogP contribution in [0.1, 0.15) is 82.6 Å². The van der Waals surface area contributed by atoms with Crippen LogP contribution >= 0.6 is 8.60 Å². The second-order valence-corrected chi connectivity index (χ2v) is 8.00. The topological polar surface area (TPSA) is 49.7 Å². The molecule has 23 heavy (non-hydrogen) atoms. The predicted molar refractivity (Wildman–Crippen MR) is 99.1 cm³/mol. The van der Waals surface area contributed by atoms with Crippen LogP contribution in [0.5, 0.6) is 5.75 Å². The van der Waals surface area contributed by atoms with E-state index in [-0.39, 0.29) is 5.41 Å². The minimum atomic E-state index is -2.40. The van der Waals surface area contributed by atoms with Gasteiger partial charge in [-0.2, -0.15) is 0 Å². The zero-order valence-corrected chi connectivity index (χ0v) is 16.5. The number of hydrogen-bond acceptors (Lipinski definition) is 3. The molecule has 0 aliphatic heterocycles. The summed E-state index contributed by atoms with van der Waals surface area (Å²) in [5.41, 5.74) is 4.99. The van der Waals surface area contributed by atoms with Crippen molar-refractivity contribution in [3.8, 4) is 5.75 Å². The summed E-state index contributed by atoms with van der Waals surface area (Å²) in [7, 11) is -2.40. The maximum atomic E-state index is 9.40. The van der Waals surface area contributed by atoms with Crippen molar-refractivity contribution < 1.29 is 14.3 Å². The third kappa shape index (κ3) is 5.74. The van der Waals surface area contributed by atoms with Gasteiger partial charge in [-0.15, -0.1) is 0 Å². The van der Waals surface area contributed by atoms with E-state index in [1.54, 1.807) is 0 Å². The van der Waals surface area contributed by atoms with Crippen LogP contribution in [0.15, 0.2) is 6.07 Å². The van der Waals surface area contributed by atoms with Gasteiger partial charge in [0.15, 0.2) is 0 Å². The lowest BCUT2D eigenvalue weighted by Crippen LogP contribution is -2.18. The Kier molecular flexibility index (Phi) is 8.00. The Bertz CT molecular complexity index is 504. The highest BCUT2D eigenvalue weighted by Gasteiger charge is 2.26. The van der Waals surface area contributed by atoms with Gasteiger partial charge in [0.1, 0.15) is 5.75 Å². The lowest BCUT2D eigenvalue weighted by Gasteiger charge is -2.29. The summed E-state index contributed by atoms with van der Waals surface area (Å²) in [6.45, 7) is 13.1. The SMILES string of the molecule is CCCCc1cc(OP(O)O)c(C(C)(C)C)c(CCCC)c1C. The number of benzene rings is 1. The average Bonchev–Trinajstić information content (AvgIpc) is 2.43. The van der Waals surface area contributed by atoms with Gasteiger partial charge in [0.25, 0.3) is 0 Å². The van der Waals surface area contributed by atoms with Gasteiger partial charge in [-0.25, -0.2) is 0 Å². The first-order chi connectivity index (χ1) is 10.7. The minimum absolute atomic E-state index is 0.0994. The minimum Gasteiger partial charge on any atom is -0.427 e. The Balaban J connectivity index is 3.50. The maximum absolute atomic E-state index is 9.40. The van der Waals surface area contributed by atoms with Crippen LogP contribution in [0.3, 0.4) is 0 Å². The molecule has 0 radical (unpaired) electrons. The Labute approximate surface area is 143 Å². The molecule has 0 heterocycles. The van der Waals surface area contributed by atoms with E-state index in [9.17, 15) is 9.79 Å². The fourth-order valence-corrected chi connectivity index (χ4v) is 3.46. The summed E-state index contributed by atoms with van der Waals surface area (Å²) >= 11 is 0. The molecular formula is C19H33O3P. The van der Waals surface area contributed by atoms with Crippen molar-refractivity contribution in [1.29, 1.82) is 0 Å². The van der Waals surface area contributed by atoms with Crippen molar-refractivity contribution in [3.63, 3.8) is 0 Å². The van der Waals surface area contributed by atoms with Crippen LogP contribution in [0, 0.1) is 6.92 Å². The first kappa shape index (κ1) is 20.4. The maximum Gasteiger partial charge on any atom is 0.391 e. The normalized spacial score (nSPS) is 12.0. The van der Waals surface area contributed by atoms with Crippen molar-refractivity contribution in [1.82, 2.24) is 0 Å². The molecule has 1 aromatic carbocycles. The lowest BCUT2D eigenvalue weighted by molar-refractivity contribution is 0.369. The van der Waals surface area contributed by atoms with E-state index in [0.717, 1.165) is 44.1 Å². The monoisotopic (exact) mass is 340 g/mol. The van der Waals surface area contributed by atoms with Crippen molar-refractivity contribution in [2.75, 3.05) is 0 Å². The molecule has 4 heteroatoms. The van der Waals surface area contributed by atoms with Gasteiger partial charge in [-0.3, -0.25) is 0 Å². The second-order valence-electron chi connectivity index (χ2n) is 7.31. The lowest BCUT2D eigenvalue weighted by atomic mass is 9.78. The summed E-state index contributed by atoms with van der Waals surface area (Å²) in [5, 5.41) is 0. The van der Waals surface area contributed by atoms with E-state index in [1.807, 2.05) is 6.07 Å². The molecule has 1 rings (SSSR count). The number of aryl methyl sites for hydroxylation is 1. The summed E-state index contributed by atoms with van der Waals surface area (Å²) < 4.78 is 5.44. The zero-order valence-electron chi connectivity index (χ0n) is 15.6. The molecular weight excluding hydrogens is 307 g/mol. The molecule has 3 nitrogen and oxygen atoms in total. The third-order valence-electron chi connectivity index (χ3n) is 4.30. The summed E-state index contributed by atoms with van der Waals surface area (Å²) in [6.07, 6.45) is 6.58. The molecule has 0 spiro atoms. The van der Waals surface area contributed by atoms with Gasteiger partial charge in [-0.1, -0.05) is 47.5 Å². The first-order valence-electron chi connectivity index (χ1n) is 8.74. The molecule has 0 saturated carbocycles. The Hall–Kier alpha value is -0.630. The Morgan fingerprint density at radius 2 is 1.61 bits per heavy atom. The summed E-state index contributed by atoms with van der Waals surface area (Å²) in [6, 6.07) is 2.03. The molecule has 0 aromatic heterocycles. The van der Waals surface area contributed by atoms with Crippen molar-refractivity contribution in [3.05, 3.63) is 28.3 Å². The van der Waals surface area contributed by atoms with Gasteiger partial charge in [0, 0.05) is 5.56 Å². The molecule has 0 fully saturated rings. The second kappa shape index (κ2) is 9.01. The largest absolute Gasteiger partial charge is 0.427 e. The van der Waals surface area contributed by atoms with Crippen molar-refractivity contribution in [2.45, 2.75) is 85.5 Å². The Morgan fingerprint density at radius 1 is 1.04 bits per heavy atom. The van der Waals surface area contributed by atoms with E-state index < -0.39 is 8.60 Å². The van der Waals surface area contributed by atoms with Crippen LogP contribution in [0.2, 0.25) is 0 Å². The van der Waals surface area contributed by atoms with E-state index in [2.05, 4.69) is 41.5 Å². The zero-order chi connectivity index (χ0) is 17.6. The van der Waals surface area contributed by atoms with Crippen LogP contribution in [-0.2, 0) is 18.3 Å². The highest BCUT2D eigenvalue weighted by Crippen LogP contribution is 2.42. The molecule has 0 aliphatic carbocycles. The first-order valence-corrected chi connectivity index (χ1v) is 9.90. The van der Waals surface area contributed by atoms with Crippen LogP contribution in [0.4, 0.5) is 0 Å². The van der Waals surface area contributed by atoms with Gasteiger partial charge in [0.05, 0.1) is 0 Å². The average molecular weight is 340 g/mol. The Morgan fingerprint density at radius 3 is 2.09 bits per heavy atom. The van der Waals surface area contributed by atoms with E-state index in [4.69, 9.17) is 4.52 Å². The highest BCUT2D eigenvalue weighted by molar-refractivity contribution is 7.39. The number of hydrogen-bond donors (Lipinski definition) is 2. The van der Waals surface area contributed by atoms with E-state index in [1.165, 1.54) is 16.7 Å². The van der Waals surface area contributed by atoms with Crippen LogP contribution in [-0.4, -0.2) is 9.79 Å². The highest BCUT2D eigenvalue weighted by atomic mass is 31.2. The molecule has 0 bridgehead atoms. The molecule has 0 unspecified atom stereocenters. The predicted octanol–water partition coefficient (Wildman–Crippen LogP) is 5.57. The van der Waals surface area contributed by atoms with Crippen molar-refractivity contribution in [2.24, 2.45) is 0 Å². The molecule has 0 atom stereocenters. The summed E-state index contributed by atoms with van der Waals surface area (Å²) in [5.74, 6) is 0.649. The molecule has 0 aliphatic rings. The number of rotatable bonds is 8. The van der Waals surface area contributed by atoms with Gasteiger partial charge in [-0.05, 0) is 60.8 Å². The van der Waals surface area contributed by atoms with Gasteiger partial charge < -0.3 is 14.3 Å². The van der Waals surface area contributed by atoms with Crippen LogP contribution < -0.4 is 4.52 Å². The summed E-state index contributed by atoms with van der Waals surface area (Å²) in [4.78, 5) is 18.8. The van der Waals surface area contributed by atoms with Gasteiger partial charge in [0.2, 0.25) is 0 Å². The molecule has 0 saturated heterocycles. The smallest absolute Gasteiger partial charge is 0.391 e. The molecule has 1 aromatic rings. The molecule has 132 valence electrons. The molecule has 0 amide bonds. The van der Waals surface area contributed by atoms with E-state index in [0.29, 0.717) is 5.75 Å². The van der Waals surface area contributed by atoms with Crippen molar-refractivity contribution >= 4 is 8.60 Å². The third-order valence-corrected chi connectivity index (χ3v) is 4.66. The van der Waals surface area contributed by atoms with Gasteiger partial charge >= 0.3 is 8.60 Å². The number of unbranched alkanes of at least 4 members (excludes halogenated alkanes) is 2. The quantitative estimate of drug-likeness (QED) is 0.608. The standard InChI is InChI=1S/C19H33O3P/c1-7-9-11-15-13-17(22-23(20)21)18(19(4,5)6)16(14(15)3)12-10-8-2/h13,20-21H,7-12H2,1-6H3. The molecule has 2 N–H and O–H groups in total. The van der Waals surface area contributed by atoms with E-state index >= 15 is 0 Å². The van der Waals surface area contributed by atoms with Crippen LogP contribution in [0.25, 0.3) is 0 Å². The fraction of sp³-hybridized carbons (Fsp3) is 0.684. The fourth-order valence-electron chi connectivity index (χ4n) is 3.14.